The Balaban J connectivity index is 2.64. The molecule has 2 aliphatic rings. The van der Waals surface area contributed by atoms with E-state index in [-0.39, 0.29) is 5.41 Å². The second-order valence-electron chi connectivity index (χ2n) is 6.52. The summed E-state index contributed by atoms with van der Waals surface area (Å²) < 4.78 is 0. The zero-order valence-electron chi connectivity index (χ0n) is 13.3. The Morgan fingerprint density at radius 2 is 1.80 bits per heavy atom. The smallest absolute Gasteiger partial charge is 0.0114 e. The molecule has 0 radical (unpaired) electrons. The predicted molar refractivity (Wildman–Crippen MR) is 87.4 cm³/mol. The van der Waals surface area contributed by atoms with Crippen molar-refractivity contribution in [1.29, 1.82) is 0 Å². The molecule has 0 nitrogen and oxygen atoms in total. The summed E-state index contributed by atoms with van der Waals surface area (Å²) in [5.74, 6) is 0.850. The third-order valence-corrected chi connectivity index (χ3v) is 4.87. The number of rotatable bonds is 2. The summed E-state index contributed by atoms with van der Waals surface area (Å²) in [6.07, 6.45) is 11.9. The first-order valence-corrected chi connectivity index (χ1v) is 7.71. The summed E-state index contributed by atoms with van der Waals surface area (Å²) in [6, 6.07) is 0. The van der Waals surface area contributed by atoms with E-state index in [9.17, 15) is 0 Å². The van der Waals surface area contributed by atoms with Crippen LogP contribution < -0.4 is 0 Å². The topological polar surface area (TPSA) is 0 Å². The number of hydrogen-bond donors (Lipinski definition) is 0. The first kappa shape index (κ1) is 14.9. The normalized spacial score (nSPS) is 28.3. The van der Waals surface area contributed by atoms with Crippen LogP contribution in [0.25, 0.3) is 0 Å². The highest BCUT2D eigenvalue weighted by molar-refractivity contribution is 5.42. The fourth-order valence-electron chi connectivity index (χ4n) is 3.15. The maximum absolute atomic E-state index is 3.92. The minimum Gasteiger partial charge on any atom is -0.120 e. The molecule has 0 saturated heterocycles. The zero-order chi connectivity index (χ0) is 14.8. The molecule has 0 heteroatoms. The van der Waals surface area contributed by atoms with Crippen molar-refractivity contribution in [3.05, 3.63) is 59.1 Å². The molecule has 0 saturated carbocycles. The fraction of sp³-hybridized carbons (Fsp3) is 0.500. The summed E-state index contributed by atoms with van der Waals surface area (Å²) in [6.45, 7) is 13.2. The van der Waals surface area contributed by atoms with E-state index >= 15 is 0 Å². The molecule has 0 N–H and O–H groups in total. The van der Waals surface area contributed by atoms with Crippen molar-refractivity contribution >= 4 is 0 Å². The average Bonchev–Trinajstić information content (AvgIpc) is 2.41. The monoisotopic (exact) mass is 266 g/mol. The van der Waals surface area contributed by atoms with Crippen molar-refractivity contribution in [1.82, 2.24) is 0 Å². The van der Waals surface area contributed by atoms with Gasteiger partial charge in [0.15, 0.2) is 0 Å². The maximum Gasteiger partial charge on any atom is 0.0114 e. The molecule has 0 amide bonds. The molecule has 2 unspecified atom stereocenters. The molecule has 0 heterocycles. The summed E-state index contributed by atoms with van der Waals surface area (Å²) >= 11 is 0. The summed E-state index contributed by atoms with van der Waals surface area (Å²) in [7, 11) is 0. The Kier molecular flexibility index (Phi) is 4.39. The van der Waals surface area contributed by atoms with E-state index in [4.69, 9.17) is 0 Å². The molecule has 106 valence electrons. The predicted octanol–water partition coefficient (Wildman–Crippen LogP) is 5.76. The van der Waals surface area contributed by atoms with Crippen LogP contribution in [0.2, 0.25) is 0 Å². The third-order valence-electron chi connectivity index (χ3n) is 4.87. The quantitative estimate of drug-likeness (QED) is 0.440. The van der Waals surface area contributed by atoms with E-state index in [0.29, 0.717) is 11.8 Å². The summed E-state index contributed by atoms with van der Waals surface area (Å²) in [4.78, 5) is 0. The first-order chi connectivity index (χ1) is 9.48. The van der Waals surface area contributed by atoms with Crippen LogP contribution in [0.3, 0.4) is 0 Å². The van der Waals surface area contributed by atoms with Gasteiger partial charge in [0.2, 0.25) is 0 Å². The van der Waals surface area contributed by atoms with Crippen molar-refractivity contribution in [2.75, 3.05) is 0 Å². The third kappa shape index (κ3) is 2.68. The van der Waals surface area contributed by atoms with Crippen molar-refractivity contribution in [3.63, 3.8) is 0 Å². The minimum absolute atomic E-state index is 0.140. The molecule has 2 aliphatic carbocycles. The Bertz CT molecular complexity index is 553. The van der Waals surface area contributed by atoms with E-state index in [1.54, 1.807) is 0 Å². The second kappa shape index (κ2) is 5.88. The highest BCUT2D eigenvalue weighted by Gasteiger charge is 2.36. The Morgan fingerprint density at radius 1 is 1.20 bits per heavy atom. The number of fused-ring (bicyclic) bond motifs is 1. The van der Waals surface area contributed by atoms with Crippen molar-refractivity contribution < 1.29 is 0 Å². The van der Waals surface area contributed by atoms with Gasteiger partial charge >= 0.3 is 0 Å². The lowest BCUT2D eigenvalue weighted by atomic mass is 9.70. The maximum atomic E-state index is 3.92. The van der Waals surface area contributed by atoms with Gasteiger partial charge in [0, 0.05) is 17.1 Å². The van der Waals surface area contributed by atoms with E-state index in [1.807, 2.05) is 6.08 Å². The molecule has 0 aromatic rings. The summed E-state index contributed by atoms with van der Waals surface area (Å²) in [5, 5.41) is 0. The van der Waals surface area contributed by atoms with Crippen LogP contribution in [0, 0.1) is 17.3 Å². The van der Waals surface area contributed by atoms with Crippen LogP contribution in [-0.2, 0) is 0 Å². The van der Waals surface area contributed by atoms with E-state index < -0.39 is 0 Å². The SMILES string of the molecule is C=CCC1=CC(C)C2=C=CCCC=C=C2C(C)C1(C)C. The van der Waals surface area contributed by atoms with Gasteiger partial charge in [-0.1, -0.05) is 45.4 Å². The largest absolute Gasteiger partial charge is 0.120 e. The zero-order valence-corrected chi connectivity index (χ0v) is 13.3. The molecule has 20 heavy (non-hydrogen) atoms. The Morgan fingerprint density at radius 3 is 2.40 bits per heavy atom. The van der Waals surface area contributed by atoms with Gasteiger partial charge in [-0.3, -0.25) is 0 Å². The molecular weight excluding hydrogens is 240 g/mol. The number of hydrogen-bond acceptors (Lipinski definition) is 0. The van der Waals surface area contributed by atoms with Crippen molar-refractivity contribution in [2.45, 2.75) is 47.0 Å². The fourth-order valence-corrected chi connectivity index (χ4v) is 3.15. The minimum atomic E-state index is 0.140. The van der Waals surface area contributed by atoms with Gasteiger partial charge in [-0.15, -0.1) is 18.0 Å². The van der Waals surface area contributed by atoms with E-state index in [0.717, 1.165) is 19.3 Å². The van der Waals surface area contributed by atoms with Gasteiger partial charge in [-0.2, -0.15) is 0 Å². The molecule has 2 atom stereocenters. The van der Waals surface area contributed by atoms with Gasteiger partial charge in [-0.25, -0.2) is 0 Å². The molecule has 0 aromatic carbocycles. The highest BCUT2D eigenvalue weighted by atomic mass is 14.4. The van der Waals surface area contributed by atoms with Gasteiger partial charge in [0.25, 0.3) is 0 Å². The Labute approximate surface area is 124 Å². The van der Waals surface area contributed by atoms with E-state index in [1.165, 1.54) is 16.7 Å². The summed E-state index contributed by atoms with van der Waals surface area (Å²) in [5.41, 5.74) is 11.4. The van der Waals surface area contributed by atoms with Crippen molar-refractivity contribution in [2.24, 2.45) is 17.3 Å². The average molecular weight is 266 g/mol. The molecule has 0 aromatic heterocycles. The molecule has 0 aliphatic heterocycles. The van der Waals surface area contributed by atoms with Crippen LogP contribution in [0.4, 0.5) is 0 Å². The molecule has 0 fully saturated rings. The molecular formula is C20H26. The molecule has 0 bridgehead atoms. The van der Waals surface area contributed by atoms with Gasteiger partial charge < -0.3 is 0 Å². The van der Waals surface area contributed by atoms with E-state index in [2.05, 4.69) is 64.0 Å². The van der Waals surface area contributed by atoms with Crippen LogP contribution >= 0.6 is 0 Å². The number of allylic oxidation sites excluding steroid dienone is 5. The van der Waals surface area contributed by atoms with Gasteiger partial charge in [0.05, 0.1) is 0 Å². The van der Waals surface area contributed by atoms with Crippen LogP contribution in [0.15, 0.2) is 59.1 Å². The van der Waals surface area contributed by atoms with Crippen molar-refractivity contribution in [3.8, 4) is 0 Å². The lowest BCUT2D eigenvalue weighted by Gasteiger charge is -2.33. The van der Waals surface area contributed by atoms with Crippen LogP contribution in [0.5, 0.6) is 0 Å². The van der Waals surface area contributed by atoms with Crippen LogP contribution in [0.1, 0.15) is 47.0 Å². The lowest BCUT2D eigenvalue weighted by Crippen LogP contribution is -2.24. The first-order valence-electron chi connectivity index (χ1n) is 7.71. The Hall–Kier alpha value is -1.48. The van der Waals surface area contributed by atoms with Gasteiger partial charge in [-0.05, 0) is 42.7 Å². The lowest BCUT2D eigenvalue weighted by molar-refractivity contribution is 0.328. The molecule has 0 spiro atoms. The van der Waals surface area contributed by atoms with Crippen LogP contribution in [-0.4, -0.2) is 0 Å². The standard InChI is InChI=1S/C20H26/c1-6-11-17-14-15(2)18-12-9-7-8-10-13-19(18)16(3)20(17,4)5/h6,9-10,14-16H,1,7-8,11H2,2-5H3. The molecule has 2 rings (SSSR count). The highest BCUT2D eigenvalue weighted by Crippen LogP contribution is 2.47. The van der Waals surface area contributed by atoms with Gasteiger partial charge in [0.1, 0.15) is 0 Å². The second-order valence-corrected chi connectivity index (χ2v) is 6.52.